The van der Waals surface area contributed by atoms with Crippen LogP contribution in [0.5, 0.6) is 11.5 Å². The van der Waals surface area contributed by atoms with Crippen molar-refractivity contribution < 1.29 is 68.8 Å². The van der Waals surface area contributed by atoms with E-state index < -0.39 is 70.9 Å². The smallest absolute Gasteiger partial charge is 0.434 e. The lowest BCUT2D eigenvalue weighted by atomic mass is 9.91. The van der Waals surface area contributed by atoms with Crippen LogP contribution >= 0.6 is 35.0 Å². The highest BCUT2D eigenvalue weighted by atomic mass is 35.5. The summed E-state index contributed by atoms with van der Waals surface area (Å²) in [5.41, 5.74) is -4.91. The summed E-state index contributed by atoms with van der Waals surface area (Å²) in [5, 5.41) is 8.53. The van der Waals surface area contributed by atoms with E-state index in [0.29, 0.717) is 18.4 Å². The van der Waals surface area contributed by atoms with Crippen LogP contribution in [0.3, 0.4) is 0 Å². The Bertz CT molecular complexity index is 1890. The van der Waals surface area contributed by atoms with Gasteiger partial charge in [0.25, 0.3) is 6.43 Å². The minimum atomic E-state index is -4.97. The average molecular weight is 820 g/mol. The fraction of sp³-hybridized carbons (Fsp3) is 0.364. The normalized spacial score (nSPS) is 13.6. The number of ether oxygens (including phenoxy) is 3. The van der Waals surface area contributed by atoms with Crippen molar-refractivity contribution in [3.63, 3.8) is 0 Å². The van der Waals surface area contributed by atoms with E-state index >= 15 is 0 Å². The van der Waals surface area contributed by atoms with E-state index in [4.69, 9.17) is 37.8 Å². The number of thioether (sulfide) groups is 1. The number of halogens is 10. The predicted molar refractivity (Wildman–Crippen MR) is 178 cm³/mol. The average Bonchev–Trinajstić information content (AvgIpc) is 3.59. The van der Waals surface area contributed by atoms with Gasteiger partial charge in [0.05, 0.1) is 33.8 Å². The third kappa shape index (κ3) is 11.2. The summed E-state index contributed by atoms with van der Waals surface area (Å²) in [7, 11) is 0.982. The first kappa shape index (κ1) is 43.2. The lowest BCUT2D eigenvalue weighted by Crippen LogP contribution is -2.24. The van der Waals surface area contributed by atoms with E-state index in [0.717, 1.165) is 44.0 Å². The zero-order chi connectivity index (χ0) is 40.0. The Morgan fingerprint density at radius 1 is 0.943 bits per heavy atom. The Balaban J connectivity index is 0.000000286. The number of benzene rings is 2. The number of nitrogens with zero attached hydrogens (tertiary/aromatic N) is 2. The molecular weight excluding hydrogens is 791 g/mol. The molecule has 0 aliphatic carbocycles. The monoisotopic (exact) mass is 818 g/mol. The topological polar surface area (TPSA) is 124 Å². The maximum absolute atomic E-state index is 13.6. The van der Waals surface area contributed by atoms with E-state index in [1.165, 1.54) is 12.1 Å². The fourth-order valence-corrected chi connectivity index (χ4v) is 5.90. The number of alkyl halides is 8. The molecule has 20 heteroatoms. The maximum atomic E-state index is 13.6. The summed E-state index contributed by atoms with van der Waals surface area (Å²) < 4.78 is 120. The predicted octanol–water partition coefficient (Wildman–Crippen LogP) is 9.95. The van der Waals surface area contributed by atoms with Crippen LogP contribution in [0.1, 0.15) is 76.0 Å². The quantitative estimate of drug-likeness (QED) is 0.157. The molecule has 0 saturated heterocycles. The molecule has 0 amide bonds. The molecule has 4 rings (SSSR count). The summed E-state index contributed by atoms with van der Waals surface area (Å²) in [6, 6.07) is 6.33. The Morgan fingerprint density at radius 2 is 1.60 bits per heavy atom. The van der Waals surface area contributed by atoms with Crippen molar-refractivity contribution in [2.45, 2.75) is 52.1 Å². The van der Waals surface area contributed by atoms with Gasteiger partial charge < -0.3 is 19.3 Å². The number of carboxylic acids is 1. The second-order valence-electron chi connectivity index (χ2n) is 11.3. The lowest BCUT2D eigenvalue weighted by molar-refractivity contribution is -0.146. The number of hydrogen-bond donors (Lipinski definition) is 1. The number of aliphatic carboxylic acids is 1. The largest absolute Gasteiger partial charge is 0.479 e. The van der Waals surface area contributed by atoms with Gasteiger partial charge in [-0.15, -0.1) is 11.8 Å². The number of hydrogen-bond acceptors (Lipinski definition) is 9. The second-order valence-corrected chi connectivity index (χ2v) is 13.2. The van der Waals surface area contributed by atoms with Gasteiger partial charge in [-0.1, -0.05) is 37.0 Å². The highest BCUT2D eigenvalue weighted by molar-refractivity contribution is 8.14. The van der Waals surface area contributed by atoms with Gasteiger partial charge >= 0.3 is 30.3 Å². The number of esters is 2. The Hall–Kier alpha value is -4.16. The van der Waals surface area contributed by atoms with Gasteiger partial charge in [0, 0.05) is 17.9 Å². The van der Waals surface area contributed by atoms with Crippen molar-refractivity contribution in [3.8, 4) is 11.5 Å². The van der Waals surface area contributed by atoms with Gasteiger partial charge in [-0.3, -0.25) is 4.99 Å². The first-order chi connectivity index (χ1) is 24.6. The highest BCUT2D eigenvalue weighted by Crippen LogP contribution is 2.41. The van der Waals surface area contributed by atoms with Crippen LogP contribution in [0, 0.1) is 5.92 Å². The number of carbonyl (C=O) groups excluding carboxylic acids is 2. The molecule has 0 bridgehead atoms. The molecule has 288 valence electrons. The Labute approximate surface area is 310 Å². The SMILES string of the molecule is COC(=O)c1c(C(F)F)nc(C(F)(F)F)c(C2=NCCS2)c1CC(C)C.C[C@H](OC(=O)c1cc(Oc2ccc(C(F)(F)F)cc2Cl)ccc1Cl)C(=O)O. The molecule has 2 heterocycles. The third-order valence-electron chi connectivity index (χ3n) is 6.88. The van der Waals surface area contributed by atoms with Crippen LogP contribution in [-0.2, 0) is 33.0 Å². The van der Waals surface area contributed by atoms with Gasteiger partial charge in [-0.05, 0) is 61.2 Å². The molecule has 1 aromatic heterocycles. The van der Waals surface area contributed by atoms with Gasteiger partial charge in [0.2, 0.25) is 0 Å². The molecule has 0 unspecified atom stereocenters. The molecule has 3 aromatic rings. The van der Waals surface area contributed by atoms with Gasteiger partial charge in [-0.2, -0.15) is 26.3 Å². The summed E-state index contributed by atoms with van der Waals surface area (Å²) in [4.78, 5) is 42.1. The van der Waals surface area contributed by atoms with Crippen molar-refractivity contribution in [1.82, 2.24) is 4.98 Å². The van der Waals surface area contributed by atoms with Crippen LogP contribution < -0.4 is 4.74 Å². The Kier molecular flexibility index (Phi) is 14.5. The van der Waals surface area contributed by atoms with Crippen LogP contribution in [0.4, 0.5) is 35.1 Å². The Morgan fingerprint density at radius 3 is 2.09 bits per heavy atom. The number of aromatic nitrogens is 1. The molecular formula is C33H28Cl2F8N2O7S. The van der Waals surface area contributed by atoms with E-state index in [9.17, 15) is 49.5 Å². The number of methoxy groups -OCH3 is 1. The molecule has 1 aliphatic heterocycles. The molecule has 1 atom stereocenters. The van der Waals surface area contributed by atoms with E-state index in [-0.39, 0.29) is 50.1 Å². The molecule has 2 aromatic carbocycles. The molecule has 1 aliphatic rings. The van der Waals surface area contributed by atoms with Gasteiger partial charge in [0.15, 0.2) is 11.8 Å². The van der Waals surface area contributed by atoms with Crippen molar-refractivity contribution in [3.05, 3.63) is 85.6 Å². The van der Waals surface area contributed by atoms with E-state index in [1.54, 1.807) is 13.8 Å². The molecule has 0 radical (unpaired) electrons. The molecule has 53 heavy (non-hydrogen) atoms. The summed E-state index contributed by atoms with van der Waals surface area (Å²) in [6.45, 7) is 4.90. The van der Waals surface area contributed by atoms with Crippen molar-refractivity contribution >= 4 is 57.9 Å². The lowest BCUT2D eigenvalue weighted by Gasteiger charge is -2.22. The fourth-order valence-electron chi connectivity index (χ4n) is 4.56. The molecule has 0 spiro atoms. The zero-order valence-corrected chi connectivity index (χ0v) is 30.1. The van der Waals surface area contributed by atoms with Crippen molar-refractivity contribution in [2.24, 2.45) is 10.9 Å². The molecule has 1 N–H and O–H groups in total. The molecule has 0 saturated carbocycles. The number of pyridine rings is 1. The van der Waals surface area contributed by atoms with Crippen LogP contribution in [0.2, 0.25) is 10.0 Å². The first-order valence-corrected chi connectivity index (χ1v) is 16.8. The minimum absolute atomic E-state index is 0.0231. The van der Waals surface area contributed by atoms with Crippen molar-refractivity contribution in [1.29, 1.82) is 0 Å². The van der Waals surface area contributed by atoms with Crippen LogP contribution in [0.25, 0.3) is 0 Å². The zero-order valence-electron chi connectivity index (χ0n) is 27.8. The standard InChI is InChI=1S/C17H11Cl2F3O5.C16H17F5N2O2S/c1-8(15(23)24)26-16(25)11-7-10(3-4-12(11)18)27-14-5-2-9(6-13(14)19)17(20,21)22;1-7(2)6-8-9(15(24)25-3)11(13(17)18)23-12(16(19,20)21)10(8)14-22-4-5-26-14/h2-8H,1H3,(H,23,24);7,13H,4-6H2,1-3H3/t8-;/m0./s1. The summed E-state index contributed by atoms with van der Waals surface area (Å²) in [5.74, 6) is -3.25. The number of rotatable bonds is 10. The van der Waals surface area contributed by atoms with Gasteiger partial charge in [0.1, 0.15) is 22.2 Å². The second kappa shape index (κ2) is 17.8. The number of carboxylic acid groups (broad SMARTS) is 1. The van der Waals surface area contributed by atoms with E-state index in [2.05, 4.69) is 14.7 Å². The highest BCUT2D eigenvalue weighted by Gasteiger charge is 2.42. The minimum Gasteiger partial charge on any atom is -0.479 e. The number of aliphatic imine (C=N–C) groups is 1. The van der Waals surface area contributed by atoms with E-state index in [1.807, 2.05) is 0 Å². The van der Waals surface area contributed by atoms with Crippen molar-refractivity contribution in [2.75, 3.05) is 19.4 Å². The number of carbonyl (C=O) groups is 3. The van der Waals surface area contributed by atoms with Crippen LogP contribution in [-0.4, -0.2) is 58.6 Å². The summed E-state index contributed by atoms with van der Waals surface area (Å²) in [6.07, 6.45) is -14.3. The third-order valence-corrected chi connectivity index (χ3v) is 8.50. The first-order valence-electron chi connectivity index (χ1n) is 15.0. The molecule has 9 nitrogen and oxygen atoms in total. The van der Waals surface area contributed by atoms with Gasteiger partial charge in [-0.25, -0.2) is 28.1 Å². The van der Waals surface area contributed by atoms with Crippen LogP contribution in [0.15, 0.2) is 41.4 Å². The maximum Gasteiger partial charge on any atom is 0.434 e. The summed E-state index contributed by atoms with van der Waals surface area (Å²) >= 11 is 12.8. The molecule has 0 fully saturated rings.